The van der Waals surface area contributed by atoms with E-state index in [1.54, 1.807) is 12.4 Å². The molecule has 8 nitrogen and oxygen atoms in total. The fourth-order valence-corrected chi connectivity index (χ4v) is 5.72. The van der Waals surface area contributed by atoms with Crippen molar-refractivity contribution in [3.8, 4) is 12.3 Å². The van der Waals surface area contributed by atoms with E-state index in [1.807, 2.05) is 0 Å². The van der Waals surface area contributed by atoms with Crippen molar-refractivity contribution in [2.75, 3.05) is 35.7 Å². The second-order valence-electron chi connectivity index (χ2n) is 8.58. The highest BCUT2D eigenvalue weighted by molar-refractivity contribution is 7.85. The molecule has 1 fully saturated rings. The molecule has 9 heteroatoms. The van der Waals surface area contributed by atoms with Gasteiger partial charge in [0.25, 0.3) is 0 Å². The number of aliphatic hydroxyl groups excluding tert-OH is 1. The highest BCUT2D eigenvalue weighted by atomic mass is 32.2. The summed E-state index contributed by atoms with van der Waals surface area (Å²) < 4.78 is 12.8. The molecule has 2 N–H and O–H groups in total. The summed E-state index contributed by atoms with van der Waals surface area (Å²) in [6.07, 6.45) is 16.1. The predicted molar refractivity (Wildman–Crippen MR) is 124 cm³/mol. The number of rotatable bonds is 5. The number of aliphatic hydroxyl groups is 1. The summed E-state index contributed by atoms with van der Waals surface area (Å²) in [7, 11) is -1.12. The van der Waals surface area contributed by atoms with Crippen LogP contribution in [-0.2, 0) is 17.2 Å². The first-order chi connectivity index (χ1) is 15.6. The monoisotopic (exact) mass is 450 g/mol. The van der Waals surface area contributed by atoms with Crippen molar-refractivity contribution in [3.63, 3.8) is 0 Å². The SMILES string of the molecule is C#Cc1cnc(C2=CCN(c3nc4c(c(NC5(CO)CCC5)n3)S(=O)CCC4)CC2)nc1. The third-order valence-electron chi connectivity index (χ3n) is 6.49. The molecule has 3 aliphatic rings. The molecule has 1 aliphatic carbocycles. The van der Waals surface area contributed by atoms with E-state index >= 15 is 0 Å². The molecule has 2 aromatic rings. The summed E-state index contributed by atoms with van der Waals surface area (Å²) in [5, 5.41) is 13.4. The van der Waals surface area contributed by atoms with Gasteiger partial charge < -0.3 is 15.3 Å². The lowest BCUT2D eigenvalue weighted by Crippen LogP contribution is -2.49. The average Bonchev–Trinajstić information content (AvgIpc) is 2.81. The zero-order valence-corrected chi connectivity index (χ0v) is 18.7. The lowest BCUT2D eigenvalue weighted by atomic mass is 9.77. The number of aryl methyl sites for hydroxylation is 1. The topological polar surface area (TPSA) is 104 Å². The van der Waals surface area contributed by atoms with Gasteiger partial charge in [-0.15, -0.1) is 6.42 Å². The Morgan fingerprint density at radius 2 is 2.03 bits per heavy atom. The Morgan fingerprint density at radius 3 is 2.66 bits per heavy atom. The van der Waals surface area contributed by atoms with Crippen molar-refractivity contribution in [1.29, 1.82) is 0 Å². The Kier molecular flexibility index (Phi) is 5.66. The fourth-order valence-electron chi connectivity index (χ4n) is 4.39. The molecule has 0 spiro atoms. The molecule has 166 valence electrons. The van der Waals surface area contributed by atoms with Crippen LogP contribution in [0.5, 0.6) is 0 Å². The average molecular weight is 451 g/mol. The van der Waals surface area contributed by atoms with Crippen LogP contribution in [0.4, 0.5) is 11.8 Å². The zero-order chi connectivity index (χ0) is 22.1. The van der Waals surface area contributed by atoms with Gasteiger partial charge in [-0.1, -0.05) is 12.0 Å². The van der Waals surface area contributed by atoms with E-state index in [4.69, 9.17) is 16.4 Å². The summed E-state index contributed by atoms with van der Waals surface area (Å²) in [5.41, 5.74) is 2.24. The van der Waals surface area contributed by atoms with E-state index in [2.05, 4.69) is 32.2 Å². The summed E-state index contributed by atoms with van der Waals surface area (Å²) in [6, 6.07) is 0. The van der Waals surface area contributed by atoms with Crippen molar-refractivity contribution >= 4 is 28.1 Å². The van der Waals surface area contributed by atoms with E-state index in [0.717, 1.165) is 61.2 Å². The van der Waals surface area contributed by atoms with Crippen molar-refractivity contribution in [2.45, 2.75) is 49.0 Å². The third kappa shape index (κ3) is 3.89. The molecule has 1 atom stereocenters. The predicted octanol–water partition coefficient (Wildman–Crippen LogP) is 1.92. The molecule has 32 heavy (non-hydrogen) atoms. The number of hydrogen-bond acceptors (Lipinski definition) is 8. The smallest absolute Gasteiger partial charge is 0.227 e. The van der Waals surface area contributed by atoms with Crippen LogP contribution in [0, 0.1) is 12.3 Å². The number of nitrogens with one attached hydrogen (secondary N) is 1. The summed E-state index contributed by atoms with van der Waals surface area (Å²) >= 11 is 0. The van der Waals surface area contributed by atoms with Gasteiger partial charge >= 0.3 is 0 Å². The van der Waals surface area contributed by atoms with Crippen molar-refractivity contribution in [2.24, 2.45) is 0 Å². The van der Waals surface area contributed by atoms with Gasteiger partial charge in [-0.2, -0.15) is 4.98 Å². The highest BCUT2D eigenvalue weighted by Gasteiger charge is 2.38. The molecule has 2 aliphatic heterocycles. The number of hydrogen-bond donors (Lipinski definition) is 2. The maximum atomic E-state index is 12.8. The normalized spacial score (nSPS) is 21.7. The molecule has 0 radical (unpaired) electrons. The molecule has 0 saturated heterocycles. The molecule has 0 amide bonds. The van der Waals surface area contributed by atoms with Crippen molar-refractivity contribution in [1.82, 2.24) is 19.9 Å². The van der Waals surface area contributed by atoms with Gasteiger partial charge in [0.2, 0.25) is 5.95 Å². The third-order valence-corrected chi connectivity index (χ3v) is 8.03. The van der Waals surface area contributed by atoms with Crippen molar-refractivity contribution < 1.29 is 9.32 Å². The minimum Gasteiger partial charge on any atom is -0.394 e. The van der Waals surface area contributed by atoms with Crippen LogP contribution < -0.4 is 10.2 Å². The first kappa shape index (κ1) is 21.0. The number of aromatic nitrogens is 4. The second-order valence-corrected chi connectivity index (χ2v) is 10.1. The molecular weight excluding hydrogens is 424 g/mol. The quantitative estimate of drug-likeness (QED) is 0.666. The zero-order valence-electron chi connectivity index (χ0n) is 17.9. The van der Waals surface area contributed by atoms with Gasteiger partial charge in [0.05, 0.1) is 34.2 Å². The van der Waals surface area contributed by atoms with E-state index in [9.17, 15) is 9.32 Å². The Hall–Kier alpha value is -2.83. The number of anilines is 2. The van der Waals surface area contributed by atoms with Crippen LogP contribution in [0.2, 0.25) is 0 Å². The lowest BCUT2D eigenvalue weighted by molar-refractivity contribution is 0.143. The minimum absolute atomic E-state index is 0.0437. The van der Waals surface area contributed by atoms with Crippen molar-refractivity contribution in [3.05, 3.63) is 35.6 Å². The summed E-state index contributed by atoms with van der Waals surface area (Å²) in [4.78, 5) is 21.2. The van der Waals surface area contributed by atoms with E-state index in [0.29, 0.717) is 35.5 Å². The number of nitrogens with zero attached hydrogens (tertiary/aromatic N) is 5. The van der Waals surface area contributed by atoms with Crippen LogP contribution >= 0.6 is 0 Å². The second kappa shape index (κ2) is 8.60. The summed E-state index contributed by atoms with van der Waals surface area (Å²) in [5.74, 6) is 5.12. The number of fused-ring (bicyclic) bond motifs is 1. The molecule has 2 aromatic heterocycles. The van der Waals surface area contributed by atoms with E-state index < -0.39 is 10.8 Å². The largest absolute Gasteiger partial charge is 0.394 e. The van der Waals surface area contributed by atoms with Gasteiger partial charge in [-0.3, -0.25) is 4.21 Å². The van der Waals surface area contributed by atoms with Gasteiger partial charge in [0.15, 0.2) is 5.82 Å². The molecule has 0 bridgehead atoms. The highest BCUT2D eigenvalue weighted by Crippen LogP contribution is 2.38. The van der Waals surface area contributed by atoms with Gasteiger partial charge in [-0.05, 0) is 44.1 Å². The van der Waals surface area contributed by atoms with Crippen LogP contribution in [0.1, 0.15) is 49.2 Å². The summed E-state index contributed by atoms with van der Waals surface area (Å²) in [6.45, 7) is 1.42. The van der Waals surface area contributed by atoms with Crippen LogP contribution in [0.25, 0.3) is 5.57 Å². The van der Waals surface area contributed by atoms with Crippen LogP contribution in [0.3, 0.4) is 0 Å². The Bertz CT molecular complexity index is 1120. The van der Waals surface area contributed by atoms with Crippen LogP contribution in [-0.4, -0.2) is 60.2 Å². The van der Waals surface area contributed by atoms with E-state index in [1.165, 1.54) is 0 Å². The Morgan fingerprint density at radius 1 is 1.22 bits per heavy atom. The Labute approximate surface area is 190 Å². The molecule has 5 rings (SSSR count). The lowest BCUT2D eigenvalue weighted by Gasteiger charge is -2.42. The molecular formula is C23H26N6O2S. The van der Waals surface area contributed by atoms with Crippen LogP contribution in [0.15, 0.2) is 23.4 Å². The Balaban J connectivity index is 1.42. The van der Waals surface area contributed by atoms with Gasteiger partial charge in [0.1, 0.15) is 10.7 Å². The first-order valence-corrected chi connectivity index (χ1v) is 12.3. The minimum atomic E-state index is -1.12. The molecule has 4 heterocycles. The maximum Gasteiger partial charge on any atom is 0.227 e. The molecule has 0 aromatic carbocycles. The first-order valence-electron chi connectivity index (χ1n) is 11.0. The molecule has 1 unspecified atom stereocenters. The van der Waals surface area contributed by atoms with Gasteiger partial charge in [0, 0.05) is 31.2 Å². The molecule has 1 saturated carbocycles. The fraction of sp³-hybridized carbons (Fsp3) is 0.478. The van der Waals surface area contributed by atoms with Gasteiger partial charge in [-0.25, -0.2) is 15.0 Å². The standard InChI is InChI=1S/C23H26N6O2S/c1-2-16-13-24-20(25-14-16)17-6-10-29(11-7-17)22-26-18-5-3-12-32(31)19(18)21(27-22)28-23(15-30)8-4-9-23/h1,6,13-14,30H,3-5,7-12,15H2,(H,26,27,28). The maximum absolute atomic E-state index is 12.8. The van der Waals surface area contributed by atoms with E-state index in [-0.39, 0.29) is 12.1 Å². The number of terminal acetylenes is 1.